The maximum Gasteiger partial charge on any atom is 0.337 e. The minimum absolute atomic E-state index is 0.0936. The number of benzene rings is 2. The molecule has 0 fully saturated rings. The SMILES string of the molecule is COC(=O)c1cc(COc2cnc(Nc3ccc(N(CC(C)C)C[C@@H](C)CS)cc3)nc2)c(Cl)c(OC)c1. The average Bonchev–Trinajstić information content (AvgIpc) is 2.92. The van der Waals surface area contributed by atoms with Gasteiger partial charge in [-0.25, -0.2) is 14.8 Å². The van der Waals surface area contributed by atoms with Crippen LogP contribution in [0.4, 0.5) is 17.3 Å². The maximum atomic E-state index is 12.0. The molecule has 1 heterocycles. The van der Waals surface area contributed by atoms with Gasteiger partial charge in [0.05, 0.1) is 37.2 Å². The molecule has 10 heteroatoms. The average molecular weight is 559 g/mol. The van der Waals surface area contributed by atoms with Crippen LogP contribution in [0, 0.1) is 11.8 Å². The van der Waals surface area contributed by atoms with Crippen molar-refractivity contribution in [2.24, 2.45) is 11.8 Å². The lowest BCUT2D eigenvalue weighted by molar-refractivity contribution is 0.0600. The fraction of sp³-hybridized carbons (Fsp3) is 0.393. The van der Waals surface area contributed by atoms with Gasteiger partial charge in [0.15, 0.2) is 5.75 Å². The van der Waals surface area contributed by atoms with Crippen molar-refractivity contribution in [1.29, 1.82) is 0 Å². The van der Waals surface area contributed by atoms with Crippen LogP contribution < -0.4 is 19.7 Å². The van der Waals surface area contributed by atoms with Crippen molar-refractivity contribution in [3.63, 3.8) is 0 Å². The Morgan fingerprint density at radius 2 is 1.76 bits per heavy atom. The van der Waals surface area contributed by atoms with Crippen LogP contribution in [0.1, 0.15) is 36.7 Å². The van der Waals surface area contributed by atoms with Gasteiger partial charge >= 0.3 is 5.97 Å². The van der Waals surface area contributed by atoms with Crippen LogP contribution in [-0.4, -0.2) is 49.0 Å². The molecular formula is C28H35ClN4O4S. The molecule has 0 aliphatic carbocycles. The molecule has 0 spiro atoms. The lowest BCUT2D eigenvalue weighted by atomic mass is 10.1. The van der Waals surface area contributed by atoms with Gasteiger partial charge in [-0.15, -0.1) is 0 Å². The van der Waals surface area contributed by atoms with E-state index in [0.29, 0.717) is 45.4 Å². The van der Waals surface area contributed by atoms with E-state index in [1.54, 1.807) is 18.5 Å². The van der Waals surface area contributed by atoms with Gasteiger partial charge in [0, 0.05) is 30.0 Å². The number of thiol groups is 1. The fourth-order valence-corrected chi connectivity index (χ4v) is 4.16. The molecule has 0 radical (unpaired) electrons. The second-order valence-corrected chi connectivity index (χ2v) is 10.2. The van der Waals surface area contributed by atoms with Gasteiger partial charge in [0.25, 0.3) is 0 Å². The number of rotatable bonds is 13. The molecule has 0 saturated carbocycles. The Bertz CT molecular complexity index is 1190. The second-order valence-electron chi connectivity index (χ2n) is 9.43. The summed E-state index contributed by atoms with van der Waals surface area (Å²) in [6, 6.07) is 11.4. The predicted molar refractivity (Wildman–Crippen MR) is 156 cm³/mol. The highest BCUT2D eigenvalue weighted by Gasteiger charge is 2.16. The minimum Gasteiger partial charge on any atom is -0.495 e. The lowest BCUT2D eigenvalue weighted by Gasteiger charge is -2.29. The number of carbonyl (C=O) groups excluding carboxylic acids is 1. The normalized spacial score (nSPS) is 11.7. The zero-order valence-corrected chi connectivity index (χ0v) is 24.1. The van der Waals surface area contributed by atoms with Crippen LogP contribution in [0.2, 0.25) is 5.02 Å². The van der Waals surface area contributed by atoms with Gasteiger partial charge in [0.2, 0.25) is 5.95 Å². The van der Waals surface area contributed by atoms with E-state index in [1.165, 1.54) is 26.0 Å². The Hall–Kier alpha value is -3.17. The van der Waals surface area contributed by atoms with E-state index in [-0.39, 0.29) is 6.61 Å². The highest BCUT2D eigenvalue weighted by Crippen LogP contribution is 2.31. The van der Waals surface area contributed by atoms with Crippen molar-refractivity contribution < 1.29 is 19.0 Å². The number of ether oxygens (including phenoxy) is 3. The Morgan fingerprint density at radius 3 is 2.34 bits per heavy atom. The summed E-state index contributed by atoms with van der Waals surface area (Å²) in [4.78, 5) is 23.1. The van der Waals surface area contributed by atoms with E-state index in [4.69, 9.17) is 25.8 Å². The molecule has 1 atom stereocenters. The van der Waals surface area contributed by atoms with E-state index in [2.05, 4.69) is 65.7 Å². The summed E-state index contributed by atoms with van der Waals surface area (Å²) in [6.07, 6.45) is 3.14. The smallest absolute Gasteiger partial charge is 0.337 e. The van der Waals surface area contributed by atoms with E-state index < -0.39 is 5.97 Å². The molecule has 204 valence electrons. The third-order valence-electron chi connectivity index (χ3n) is 5.70. The summed E-state index contributed by atoms with van der Waals surface area (Å²) in [5.74, 6) is 2.67. The summed E-state index contributed by atoms with van der Waals surface area (Å²) < 4.78 is 15.9. The first-order chi connectivity index (χ1) is 18.2. The maximum absolute atomic E-state index is 12.0. The molecule has 0 bridgehead atoms. The van der Waals surface area contributed by atoms with Crippen molar-refractivity contribution in [1.82, 2.24) is 9.97 Å². The summed E-state index contributed by atoms with van der Waals surface area (Å²) in [5, 5.41) is 3.57. The van der Waals surface area contributed by atoms with Gasteiger partial charge in [-0.1, -0.05) is 32.4 Å². The number of nitrogens with zero attached hydrogens (tertiary/aromatic N) is 3. The number of methoxy groups -OCH3 is 2. The van der Waals surface area contributed by atoms with Crippen molar-refractivity contribution >= 4 is 47.5 Å². The van der Waals surface area contributed by atoms with Gasteiger partial charge in [-0.3, -0.25) is 0 Å². The zero-order valence-electron chi connectivity index (χ0n) is 22.4. The van der Waals surface area contributed by atoms with Gasteiger partial charge in [-0.05, 0) is 54.0 Å². The lowest BCUT2D eigenvalue weighted by Crippen LogP contribution is -2.32. The third kappa shape index (κ3) is 8.16. The van der Waals surface area contributed by atoms with E-state index >= 15 is 0 Å². The fourth-order valence-electron chi connectivity index (χ4n) is 3.81. The Labute approximate surface area is 235 Å². The third-order valence-corrected chi connectivity index (χ3v) is 6.75. The Morgan fingerprint density at radius 1 is 1.08 bits per heavy atom. The van der Waals surface area contributed by atoms with Crippen LogP contribution in [0.15, 0.2) is 48.8 Å². The van der Waals surface area contributed by atoms with Crippen molar-refractivity contribution in [2.45, 2.75) is 27.4 Å². The molecule has 0 saturated heterocycles. The second kappa shape index (κ2) is 14.1. The summed E-state index contributed by atoms with van der Waals surface area (Å²) >= 11 is 10.8. The van der Waals surface area contributed by atoms with Crippen LogP contribution >= 0.6 is 24.2 Å². The number of nitrogens with one attached hydrogen (secondary N) is 1. The summed E-state index contributed by atoms with van der Waals surface area (Å²) in [5.41, 5.74) is 2.95. The summed E-state index contributed by atoms with van der Waals surface area (Å²) in [7, 11) is 2.79. The first-order valence-corrected chi connectivity index (χ1v) is 13.4. The quantitative estimate of drug-likeness (QED) is 0.187. The molecule has 3 aromatic rings. The molecule has 0 aliphatic rings. The van der Waals surface area contributed by atoms with Gasteiger partial charge in [0.1, 0.15) is 12.4 Å². The van der Waals surface area contributed by atoms with Crippen molar-refractivity contribution in [2.75, 3.05) is 43.3 Å². The zero-order chi connectivity index (χ0) is 27.7. The molecular weight excluding hydrogens is 524 g/mol. The first kappa shape index (κ1) is 29.4. The van der Waals surface area contributed by atoms with Crippen molar-refractivity contribution in [3.05, 3.63) is 64.9 Å². The Balaban J connectivity index is 1.64. The van der Waals surface area contributed by atoms with E-state index in [1.807, 2.05) is 12.1 Å². The minimum atomic E-state index is -0.493. The number of hydrogen-bond donors (Lipinski definition) is 2. The number of anilines is 3. The highest BCUT2D eigenvalue weighted by atomic mass is 35.5. The molecule has 8 nitrogen and oxygen atoms in total. The molecule has 3 rings (SSSR count). The number of aromatic nitrogens is 2. The largest absolute Gasteiger partial charge is 0.495 e. The molecule has 0 amide bonds. The highest BCUT2D eigenvalue weighted by molar-refractivity contribution is 7.80. The standard InChI is InChI=1S/C28H35ClN4O4S/c1-18(2)14-33(15-19(3)17-38)23-8-6-22(7-9-23)32-28-30-12-24(13-31-28)37-16-21-10-20(27(34)36-5)11-25(35-4)26(21)29/h6-13,18-19,38H,14-17H2,1-5H3,(H,30,31,32)/t19-/m1/s1. The number of carbonyl (C=O) groups is 1. The van der Waals surface area contributed by atoms with Crippen LogP contribution in [0.25, 0.3) is 0 Å². The first-order valence-electron chi connectivity index (χ1n) is 12.4. The predicted octanol–water partition coefficient (Wildman–Crippen LogP) is 6.28. The van der Waals surface area contributed by atoms with Crippen molar-refractivity contribution in [3.8, 4) is 11.5 Å². The Kier molecular flexibility index (Phi) is 10.9. The molecule has 1 N–H and O–H groups in total. The van der Waals surface area contributed by atoms with Gasteiger partial charge < -0.3 is 24.4 Å². The van der Waals surface area contributed by atoms with E-state index in [0.717, 1.165) is 24.5 Å². The number of hydrogen-bond acceptors (Lipinski definition) is 9. The monoisotopic (exact) mass is 558 g/mol. The molecule has 0 aliphatic heterocycles. The molecule has 1 aromatic heterocycles. The molecule has 0 unspecified atom stereocenters. The van der Waals surface area contributed by atoms with Crippen LogP contribution in [-0.2, 0) is 11.3 Å². The number of halogens is 1. The summed E-state index contributed by atoms with van der Waals surface area (Å²) in [6.45, 7) is 8.71. The topological polar surface area (TPSA) is 85.8 Å². The van der Waals surface area contributed by atoms with Gasteiger partial charge in [-0.2, -0.15) is 12.6 Å². The number of esters is 1. The van der Waals surface area contributed by atoms with E-state index in [9.17, 15) is 4.79 Å². The molecule has 2 aromatic carbocycles. The molecule has 38 heavy (non-hydrogen) atoms. The van der Waals surface area contributed by atoms with Crippen LogP contribution in [0.5, 0.6) is 11.5 Å². The van der Waals surface area contributed by atoms with Crippen LogP contribution in [0.3, 0.4) is 0 Å².